The average molecular weight is 258 g/mol. The van der Waals surface area contributed by atoms with E-state index in [0.29, 0.717) is 6.54 Å². The number of anilines is 1. The number of H-pyrrole nitrogens is 1. The Morgan fingerprint density at radius 2 is 2.37 bits per heavy atom. The number of nitrogens with zero attached hydrogens (tertiary/aromatic N) is 4. The second kappa shape index (κ2) is 5.14. The number of aromatic nitrogens is 3. The molecule has 0 fully saturated rings. The molecule has 0 amide bonds. The van der Waals surface area contributed by atoms with Crippen molar-refractivity contribution < 1.29 is 4.92 Å². The van der Waals surface area contributed by atoms with Crippen molar-refractivity contribution in [3.63, 3.8) is 0 Å². The van der Waals surface area contributed by atoms with E-state index < -0.39 is 4.92 Å². The van der Waals surface area contributed by atoms with Crippen LogP contribution in [0.15, 0.2) is 18.5 Å². The van der Waals surface area contributed by atoms with E-state index in [1.807, 2.05) is 13.0 Å². The average Bonchev–Trinajstić information content (AvgIpc) is 2.81. The third-order valence-electron chi connectivity index (χ3n) is 2.57. The highest BCUT2D eigenvalue weighted by molar-refractivity contribution is 5.58. The zero-order chi connectivity index (χ0) is 13.8. The maximum Gasteiger partial charge on any atom is 0.312 e. The predicted molar refractivity (Wildman–Crippen MR) is 66.3 cm³/mol. The Kier molecular flexibility index (Phi) is 3.38. The van der Waals surface area contributed by atoms with Crippen molar-refractivity contribution in [2.24, 2.45) is 0 Å². The highest BCUT2D eigenvalue weighted by Gasteiger charge is 2.16. The molecule has 0 aliphatic carbocycles. The molecule has 8 heteroatoms. The van der Waals surface area contributed by atoms with E-state index in [0.717, 1.165) is 11.3 Å². The van der Waals surface area contributed by atoms with Gasteiger partial charge in [-0.15, -0.1) is 0 Å². The number of nitro groups is 1. The van der Waals surface area contributed by atoms with Gasteiger partial charge in [-0.2, -0.15) is 10.4 Å². The molecule has 19 heavy (non-hydrogen) atoms. The van der Waals surface area contributed by atoms with Crippen LogP contribution in [-0.4, -0.2) is 20.1 Å². The highest BCUT2D eigenvalue weighted by atomic mass is 16.6. The van der Waals surface area contributed by atoms with Gasteiger partial charge in [0.25, 0.3) is 0 Å². The van der Waals surface area contributed by atoms with Gasteiger partial charge in [0.05, 0.1) is 16.7 Å². The molecule has 8 nitrogen and oxygen atoms in total. The molecule has 2 rings (SSSR count). The van der Waals surface area contributed by atoms with E-state index in [2.05, 4.69) is 20.5 Å². The summed E-state index contributed by atoms with van der Waals surface area (Å²) in [7, 11) is 0. The first-order valence-electron chi connectivity index (χ1n) is 5.39. The second-order valence-electron chi connectivity index (χ2n) is 3.83. The molecule has 2 aromatic heterocycles. The maximum atomic E-state index is 10.9. The van der Waals surface area contributed by atoms with Crippen LogP contribution >= 0.6 is 0 Å². The standard InChI is InChI=1S/C11H10N6O2/c1-7-9(6-15-16-7)5-14-11-10(17(18)19)2-8(3-12)4-13-11/h2,4,6H,5H2,1H3,(H,13,14)(H,15,16). The summed E-state index contributed by atoms with van der Waals surface area (Å²) in [5.74, 6) is 0.129. The molecule has 0 aliphatic rings. The number of hydrogen-bond donors (Lipinski definition) is 2. The Labute approximate surface area is 108 Å². The molecule has 0 bridgehead atoms. The number of aryl methyl sites for hydroxylation is 1. The molecule has 0 aromatic carbocycles. The van der Waals surface area contributed by atoms with E-state index in [-0.39, 0.29) is 17.1 Å². The summed E-state index contributed by atoms with van der Waals surface area (Å²) in [6.45, 7) is 2.21. The Bertz CT molecular complexity index is 657. The molecule has 0 unspecified atom stereocenters. The van der Waals surface area contributed by atoms with Crippen molar-refractivity contribution >= 4 is 11.5 Å². The smallest absolute Gasteiger partial charge is 0.312 e. The van der Waals surface area contributed by atoms with Gasteiger partial charge in [0.15, 0.2) is 0 Å². The number of nitrogens with one attached hydrogen (secondary N) is 2. The van der Waals surface area contributed by atoms with Gasteiger partial charge in [-0.3, -0.25) is 15.2 Å². The zero-order valence-electron chi connectivity index (χ0n) is 10.0. The monoisotopic (exact) mass is 258 g/mol. The van der Waals surface area contributed by atoms with Crippen LogP contribution in [0.4, 0.5) is 11.5 Å². The Morgan fingerprint density at radius 3 is 2.95 bits per heavy atom. The number of hydrogen-bond acceptors (Lipinski definition) is 6. The van der Waals surface area contributed by atoms with Crippen LogP contribution in [0.25, 0.3) is 0 Å². The summed E-state index contributed by atoms with van der Waals surface area (Å²) >= 11 is 0. The quantitative estimate of drug-likeness (QED) is 0.633. The molecule has 96 valence electrons. The largest absolute Gasteiger partial charge is 0.360 e. The Morgan fingerprint density at radius 1 is 1.58 bits per heavy atom. The van der Waals surface area contributed by atoms with E-state index in [1.54, 1.807) is 6.20 Å². The first kappa shape index (κ1) is 12.5. The first-order chi connectivity index (χ1) is 9.11. The fourth-order valence-corrected chi connectivity index (χ4v) is 1.52. The molecule has 0 saturated heterocycles. The van der Waals surface area contributed by atoms with Gasteiger partial charge in [-0.25, -0.2) is 4.98 Å². The van der Waals surface area contributed by atoms with E-state index in [9.17, 15) is 10.1 Å². The van der Waals surface area contributed by atoms with Crippen LogP contribution in [0.2, 0.25) is 0 Å². The lowest BCUT2D eigenvalue weighted by molar-refractivity contribution is -0.384. The lowest BCUT2D eigenvalue weighted by Gasteiger charge is -2.05. The van der Waals surface area contributed by atoms with Crippen LogP contribution < -0.4 is 5.32 Å². The van der Waals surface area contributed by atoms with Gasteiger partial charge in [-0.05, 0) is 6.92 Å². The topological polar surface area (TPSA) is 121 Å². The minimum Gasteiger partial charge on any atom is -0.360 e. The third kappa shape index (κ3) is 2.66. The van der Waals surface area contributed by atoms with Crippen LogP contribution in [0.1, 0.15) is 16.8 Å². The van der Waals surface area contributed by atoms with Crippen molar-refractivity contribution in [3.8, 4) is 6.07 Å². The van der Waals surface area contributed by atoms with Crippen LogP contribution in [-0.2, 0) is 6.54 Å². The van der Waals surface area contributed by atoms with Gasteiger partial charge in [0.1, 0.15) is 6.07 Å². The number of pyridine rings is 1. The summed E-state index contributed by atoms with van der Waals surface area (Å²) in [6.07, 6.45) is 2.93. The second-order valence-corrected chi connectivity index (χ2v) is 3.83. The first-order valence-corrected chi connectivity index (χ1v) is 5.39. The fraction of sp³-hybridized carbons (Fsp3) is 0.182. The highest BCUT2D eigenvalue weighted by Crippen LogP contribution is 2.23. The minimum atomic E-state index is -0.571. The van der Waals surface area contributed by atoms with Crippen molar-refractivity contribution in [2.75, 3.05) is 5.32 Å². The Hall–Kier alpha value is -2.95. The molecule has 0 saturated carbocycles. The normalized spacial score (nSPS) is 9.89. The zero-order valence-corrected chi connectivity index (χ0v) is 10.0. The molecule has 0 radical (unpaired) electrons. The number of rotatable bonds is 4. The van der Waals surface area contributed by atoms with Crippen LogP contribution in [0.5, 0.6) is 0 Å². The molecule has 2 N–H and O–H groups in total. The van der Waals surface area contributed by atoms with Crippen molar-refractivity contribution in [3.05, 3.63) is 45.4 Å². The summed E-state index contributed by atoms with van der Waals surface area (Å²) in [5.41, 5.74) is 1.70. The Balaban J connectivity index is 2.23. The summed E-state index contributed by atoms with van der Waals surface area (Å²) < 4.78 is 0. The van der Waals surface area contributed by atoms with Crippen LogP contribution in [0, 0.1) is 28.4 Å². The molecule has 0 spiro atoms. The minimum absolute atomic E-state index is 0.129. The van der Waals surface area contributed by atoms with Crippen molar-refractivity contribution in [1.29, 1.82) is 5.26 Å². The van der Waals surface area contributed by atoms with Gasteiger partial charge in [0, 0.05) is 30.1 Å². The van der Waals surface area contributed by atoms with Gasteiger partial charge >= 0.3 is 5.69 Å². The summed E-state index contributed by atoms with van der Waals surface area (Å²) in [6, 6.07) is 3.01. The number of aromatic amines is 1. The third-order valence-corrected chi connectivity index (χ3v) is 2.57. The summed E-state index contributed by atoms with van der Waals surface area (Å²) in [5, 5.41) is 29.1. The van der Waals surface area contributed by atoms with Gasteiger partial charge in [0.2, 0.25) is 5.82 Å². The fourth-order valence-electron chi connectivity index (χ4n) is 1.52. The SMILES string of the molecule is Cc1[nH]ncc1CNc1ncc(C#N)cc1[N+](=O)[O-]. The summed E-state index contributed by atoms with van der Waals surface area (Å²) in [4.78, 5) is 14.2. The lowest BCUT2D eigenvalue weighted by Crippen LogP contribution is -2.05. The molecular formula is C11H10N6O2. The van der Waals surface area contributed by atoms with E-state index >= 15 is 0 Å². The molecule has 2 aromatic rings. The van der Waals surface area contributed by atoms with Crippen molar-refractivity contribution in [2.45, 2.75) is 13.5 Å². The number of nitriles is 1. The van der Waals surface area contributed by atoms with Crippen molar-refractivity contribution in [1.82, 2.24) is 15.2 Å². The van der Waals surface area contributed by atoms with E-state index in [1.165, 1.54) is 12.3 Å². The maximum absolute atomic E-state index is 10.9. The van der Waals surface area contributed by atoms with Crippen LogP contribution in [0.3, 0.4) is 0 Å². The van der Waals surface area contributed by atoms with Gasteiger partial charge in [-0.1, -0.05) is 0 Å². The van der Waals surface area contributed by atoms with Gasteiger partial charge < -0.3 is 5.32 Å². The molecular weight excluding hydrogens is 248 g/mol. The molecule has 2 heterocycles. The predicted octanol–water partition coefficient (Wildman–Crippen LogP) is 1.51. The lowest BCUT2D eigenvalue weighted by atomic mass is 10.2. The molecule has 0 aliphatic heterocycles. The molecule has 0 atom stereocenters. The van der Waals surface area contributed by atoms with E-state index in [4.69, 9.17) is 5.26 Å².